The smallest absolute Gasteiger partial charge is 0.178 e. The third-order valence-electron chi connectivity index (χ3n) is 3.07. The predicted octanol–water partition coefficient (Wildman–Crippen LogP) is 4.14. The molecule has 0 bridgehead atoms. The van der Waals surface area contributed by atoms with Crippen LogP contribution in [0.2, 0.25) is 0 Å². The third kappa shape index (κ3) is 3.44. The number of benzene rings is 2. The van der Waals surface area contributed by atoms with Gasteiger partial charge in [-0.1, -0.05) is 45.8 Å². The van der Waals surface area contributed by atoms with E-state index in [4.69, 9.17) is 0 Å². The summed E-state index contributed by atoms with van der Waals surface area (Å²) in [5.74, 6) is -0.0914. The largest absolute Gasteiger partial charge is 0.293 e. The van der Waals surface area contributed by atoms with Crippen molar-refractivity contribution in [1.82, 2.24) is 0 Å². The van der Waals surface area contributed by atoms with E-state index in [1.54, 1.807) is 31.2 Å². The Labute approximate surface area is 129 Å². The Hall–Kier alpha value is -1.26. The molecule has 0 aromatic heterocycles. The summed E-state index contributed by atoms with van der Waals surface area (Å²) in [6, 6.07) is 14.6. The molecule has 0 amide bonds. The number of carbonyl (C=O) groups excluding carboxylic acids is 1. The van der Waals surface area contributed by atoms with Gasteiger partial charge in [0.05, 0.1) is 16.0 Å². The SMILES string of the molecule is Cc1ccc(C(=O)C(C)S(=O)c2ccc(Br)cc2)cc1. The van der Waals surface area contributed by atoms with Crippen molar-refractivity contribution in [3.63, 3.8) is 0 Å². The van der Waals surface area contributed by atoms with E-state index in [0.29, 0.717) is 10.5 Å². The molecule has 2 nitrogen and oxygen atoms in total. The molecular weight excluding hydrogens is 336 g/mol. The molecule has 20 heavy (non-hydrogen) atoms. The minimum absolute atomic E-state index is 0.0914. The van der Waals surface area contributed by atoms with E-state index in [-0.39, 0.29) is 5.78 Å². The van der Waals surface area contributed by atoms with E-state index >= 15 is 0 Å². The molecular formula is C16H15BrO2S. The Bertz CT molecular complexity index is 575. The van der Waals surface area contributed by atoms with Gasteiger partial charge in [-0.3, -0.25) is 9.00 Å². The quantitative estimate of drug-likeness (QED) is 0.776. The number of rotatable bonds is 4. The van der Waals surface area contributed by atoms with Crippen LogP contribution in [0, 0.1) is 6.92 Å². The number of aryl methyl sites for hydroxylation is 1. The number of halogens is 1. The fourth-order valence-electron chi connectivity index (χ4n) is 1.82. The molecule has 0 fully saturated rings. The molecule has 0 aliphatic carbocycles. The Morgan fingerprint density at radius 2 is 1.60 bits per heavy atom. The lowest BCUT2D eigenvalue weighted by molar-refractivity contribution is 0.0992. The third-order valence-corrected chi connectivity index (χ3v) is 5.19. The van der Waals surface area contributed by atoms with Gasteiger partial charge in [0.1, 0.15) is 0 Å². The molecule has 0 heterocycles. The summed E-state index contributed by atoms with van der Waals surface area (Å²) in [4.78, 5) is 13.0. The van der Waals surface area contributed by atoms with Gasteiger partial charge in [0.25, 0.3) is 0 Å². The van der Waals surface area contributed by atoms with Crippen LogP contribution in [0.15, 0.2) is 57.9 Å². The zero-order valence-electron chi connectivity index (χ0n) is 11.3. The van der Waals surface area contributed by atoms with Crippen LogP contribution < -0.4 is 0 Å². The van der Waals surface area contributed by atoms with Crippen molar-refractivity contribution >= 4 is 32.5 Å². The van der Waals surface area contributed by atoms with E-state index in [0.717, 1.165) is 10.0 Å². The fourth-order valence-corrected chi connectivity index (χ4v) is 3.23. The highest BCUT2D eigenvalue weighted by Crippen LogP contribution is 2.18. The van der Waals surface area contributed by atoms with Crippen molar-refractivity contribution in [2.24, 2.45) is 0 Å². The van der Waals surface area contributed by atoms with Gasteiger partial charge in [-0.2, -0.15) is 0 Å². The van der Waals surface area contributed by atoms with Gasteiger partial charge in [0, 0.05) is 14.9 Å². The fraction of sp³-hybridized carbons (Fsp3) is 0.188. The second-order valence-electron chi connectivity index (χ2n) is 4.62. The van der Waals surface area contributed by atoms with Crippen LogP contribution >= 0.6 is 15.9 Å². The van der Waals surface area contributed by atoms with E-state index in [1.165, 1.54) is 0 Å². The van der Waals surface area contributed by atoms with Crippen LogP contribution in [0.25, 0.3) is 0 Å². The van der Waals surface area contributed by atoms with Gasteiger partial charge < -0.3 is 0 Å². The topological polar surface area (TPSA) is 34.1 Å². The lowest BCUT2D eigenvalue weighted by Crippen LogP contribution is -2.22. The van der Waals surface area contributed by atoms with Gasteiger partial charge in [-0.05, 0) is 38.1 Å². The second-order valence-corrected chi connectivity index (χ2v) is 7.31. The molecule has 2 atom stereocenters. The minimum Gasteiger partial charge on any atom is -0.293 e. The summed E-state index contributed by atoms with van der Waals surface area (Å²) < 4.78 is 13.3. The normalized spacial score (nSPS) is 13.8. The minimum atomic E-state index is -1.34. The van der Waals surface area contributed by atoms with Gasteiger partial charge in [-0.15, -0.1) is 0 Å². The molecule has 0 saturated heterocycles. The standard InChI is InChI=1S/C16H15BrO2S/c1-11-3-5-13(6-4-11)16(18)12(2)20(19)15-9-7-14(17)8-10-15/h3-10,12H,1-2H3. The highest BCUT2D eigenvalue weighted by Gasteiger charge is 2.22. The Morgan fingerprint density at radius 1 is 1.05 bits per heavy atom. The van der Waals surface area contributed by atoms with Crippen molar-refractivity contribution in [1.29, 1.82) is 0 Å². The molecule has 4 heteroatoms. The highest BCUT2D eigenvalue weighted by atomic mass is 79.9. The summed E-state index contributed by atoms with van der Waals surface area (Å²) in [6.45, 7) is 3.68. The summed E-state index contributed by atoms with van der Waals surface area (Å²) in [5, 5.41) is -0.557. The zero-order chi connectivity index (χ0) is 14.7. The van der Waals surface area contributed by atoms with Crippen LogP contribution in [-0.2, 0) is 10.8 Å². The van der Waals surface area contributed by atoms with E-state index in [9.17, 15) is 9.00 Å². The van der Waals surface area contributed by atoms with Gasteiger partial charge >= 0.3 is 0 Å². The van der Waals surface area contributed by atoms with Crippen LogP contribution in [0.5, 0.6) is 0 Å². The van der Waals surface area contributed by atoms with E-state index in [1.807, 2.05) is 31.2 Å². The predicted molar refractivity (Wildman–Crippen MR) is 85.5 cm³/mol. The molecule has 0 radical (unpaired) electrons. The molecule has 0 aliphatic rings. The van der Waals surface area contributed by atoms with Crippen LogP contribution in [0.3, 0.4) is 0 Å². The Kier molecular flexibility index (Phi) is 4.89. The molecule has 2 rings (SSSR count). The maximum Gasteiger partial charge on any atom is 0.178 e. The second kappa shape index (κ2) is 6.46. The summed E-state index contributed by atoms with van der Waals surface area (Å²) >= 11 is 3.34. The average Bonchev–Trinajstić information content (AvgIpc) is 2.46. The highest BCUT2D eigenvalue weighted by molar-refractivity contribution is 9.10. The van der Waals surface area contributed by atoms with Crippen molar-refractivity contribution in [2.45, 2.75) is 24.0 Å². The number of ketones is 1. The van der Waals surface area contributed by atoms with Crippen molar-refractivity contribution < 1.29 is 9.00 Å². The Balaban J connectivity index is 2.20. The molecule has 0 aliphatic heterocycles. The molecule has 0 N–H and O–H groups in total. The average molecular weight is 351 g/mol. The van der Waals surface area contributed by atoms with Gasteiger partial charge in [-0.25, -0.2) is 0 Å². The zero-order valence-corrected chi connectivity index (χ0v) is 13.7. The first-order valence-corrected chi connectivity index (χ1v) is 8.26. The van der Waals surface area contributed by atoms with E-state index in [2.05, 4.69) is 15.9 Å². The maximum atomic E-state index is 12.4. The van der Waals surface area contributed by atoms with Crippen molar-refractivity contribution in [2.75, 3.05) is 0 Å². The summed E-state index contributed by atoms with van der Waals surface area (Å²) in [7, 11) is -1.34. The lowest BCUT2D eigenvalue weighted by Gasteiger charge is -2.11. The number of hydrogen-bond acceptors (Lipinski definition) is 2. The molecule has 2 aromatic carbocycles. The Morgan fingerprint density at radius 3 is 2.15 bits per heavy atom. The number of carbonyl (C=O) groups is 1. The summed E-state index contributed by atoms with van der Waals surface area (Å²) in [6.07, 6.45) is 0. The van der Waals surface area contributed by atoms with Crippen LogP contribution in [0.4, 0.5) is 0 Å². The first-order valence-electron chi connectivity index (χ1n) is 6.26. The maximum absolute atomic E-state index is 12.4. The molecule has 104 valence electrons. The molecule has 2 unspecified atom stereocenters. The number of hydrogen-bond donors (Lipinski definition) is 0. The van der Waals surface area contributed by atoms with Crippen molar-refractivity contribution in [3.8, 4) is 0 Å². The molecule has 0 saturated carbocycles. The van der Waals surface area contributed by atoms with Gasteiger partial charge in [0.2, 0.25) is 0 Å². The van der Waals surface area contributed by atoms with Crippen LogP contribution in [-0.4, -0.2) is 15.2 Å². The van der Waals surface area contributed by atoms with Crippen molar-refractivity contribution in [3.05, 3.63) is 64.1 Å². The van der Waals surface area contributed by atoms with Crippen LogP contribution in [0.1, 0.15) is 22.8 Å². The monoisotopic (exact) mass is 350 g/mol. The number of Topliss-reactive ketones (excluding diaryl/α,β-unsaturated/α-hetero) is 1. The summed E-state index contributed by atoms with van der Waals surface area (Å²) in [5.41, 5.74) is 1.71. The lowest BCUT2D eigenvalue weighted by atomic mass is 10.1. The molecule has 0 spiro atoms. The molecule has 2 aromatic rings. The van der Waals surface area contributed by atoms with E-state index < -0.39 is 16.0 Å². The van der Waals surface area contributed by atoms with Gasteiger partial charge in [0.15, 0.2) is 5.78 Å². The first-order chi connectivity index (χ1) is 9.49. The first kappa shape index (κ1) is 15.1.